The third-order valence-corrected chi connectivity index (χ3v) is 6.25. The zero-order chi connectivity index (χ0) is 31.5. The van der Waals surface area contributed by atoms with Crippen LogP contribution in [0, 0.1) is 11.8 Å². The van der Waals surface area contributed by atoms with E-state index in [0.717, 1.165) is 25.7 Å². The Labute approximate surface area is 250 Å². The first-order chi connectivity index (χ1) is 20.5. The Kier molecular flexibility index (Phi) is 12.0. The maximum atomic E-state index is 13.5. The topological polar surface area (TPSA) is 88.9 Å². The zero-order valence-electron chi connectivity index (χ0n) is 25.2. The van der Waals surface area contributed by atoms with Gasteiger partial charge in [-0.15, -0.1) is 0 Å². The number of anilines is 2. The number of hydrogen-bond donors (Lipinski definition) is 2. The van der Waals surface area contributed by atoms with E-state index in [1.807, 2.05) is 34.6 Å². The van der Waals surface area contributed by atoms with Crippen LogP contribution in [0.25, 0.3) is 0 Å². The summed E-state index contributed by atoms with van der Waals surface area (Å²) in [5.74, 6) is 6.53. The normalized spacial score (nSPS) is 13.7. The van der Waals surface area contributed by atoms with Crippen LogP contribution in [0.5, 0.6) is 5.75 Å². The minimum absolute atomic E-state index is 0.160. The highest BCUT2D eigenvalue weighted by Gasteiger charge is 2.34. The van der Waals surface area contributed by atoms with Gasteiger partial charge in [-0.05, 0) is 48.9 Å². The van der Waals surface area contributed by atoms with Gasteiger partial charge in [0, 0.05) is 47.9 Å². The molecule has 8 nitrogen and oxygen atoms in total. The second-order valence-corrected chi connectivity index (χ2v) is 10.6. The molecule has 1 fully saturated rings. The van der Waals surface area contributed by atoms with Crippen LogP contribution in [0.4, 0.5) is 29.5 Å². The van der Waals surface area contributed by atoms with Crippen molar-refractivity contribution in [2.75, 3.05) is 50.1 Å². The van der Waals surface area contributed by atoms with Crippen molar-refractivity contribution >= 4 is 17.5 Å². The first-order valence-corrected chi connectivity index (χ1v) is 14.3. The molecule has 0 saturated carbocycles. The number of aromatic nitrogens is 1. The van der Waals surface area contributed by atoms with E-state index in [1.54, 1.807) is 30.3 Å². The van der Waals surface area contributed by atoms with E-state index in [4.69, 9.17) is 14.0 Å². The summed E-state index contributed by atoms with van der Waals surface area (Å²) in [6.07, 6.45) is -3.94. The smallest absolute Gasteiger partial charge is 0.419 e. The molecular weight excluding hydrogens is 561 g/mol. The van der Waals surface area contributed by atoms with Crippen molar-refractivity contribution in [3.63, 3.8) is 0 Å². The average molecular weight is 601 g/mol. The average Bonchev–Trinajstić information content (AvgIpc) is 3.45. The van der Waals surface area contributed by atoms with Gasteiger partial charge in [-0.25, -0.2) is 4.79 Å². The molecule has 43 heavy (non-hydrogen) atoms. The molecule has 1 aliphatic rings. The van der Waals surface area contributed by atoms with Gasteiger partial charge in [-0.3, -0.25) is 10.2 Å². The molecule has 0 radical (unpaired) electrons. The van der Waals surface area contributed by atoms with Gasteiger partial charge >= 0.3 is 12.2 Å². The number of urea groups is 1. The molecule has 4 rings (SSSR count). The van der Waals surface area contributed by atoms with E-state index in [-0.39, 0.29) is 17.8 Å². The third kappa shape index (κ3) is 10.6. The van der Waals surface area contributed by atoms with Crippen LogP contribution in [0.15, 0.2) is 53.1 Å². The molecule has 0 unspecified atom stereocenters. The summed E-state index contributed by atoms with van der Waals surface area (Å²) in [6, 6.07) is 11.6. The zero-order valence-corrected chi connectivity index (χ0v) is 25.2. The van der Waals surface area contributed by atoms with Crippen molar-refractivity contribution in [1.29, 1.82) is 0 Å². The van der Waals surface area contributed by atoms with Gasteiger partial charge in [-0.1, -0.05) is 51.6 Å². The fourth-order valence-corrected chi connectivity index (χ4v) is 4.00. The molecule has 2 aromatic carbocycles. The number of nitrogens with one attached hydrogen (secondary N) is 2. The van der Waals surface area contributed by atoms with Crippen molar-refractivity contribution in [2.45, 2.75) is 52.6 Å². The number of alkyl halides is 3. The molecule has 11 heteroatoms. The number of halogens is 3. The lowest BCUT2D eigenvalue weighted by Gasteiger charge is -2.26. The van der Waals surface area contributed by atoms with Crippen LogP contribution in [-0.4, -0.2) is 55.5 Å². The fourth-order valence-electron chi connectivity index (χ4n) is 4.00. The SMILES string of the molecule is CC.CC(C)(C)c1cc(NC(=O)Nc2ccc(C#Cc3ccc(C(F)(F)F)c(OCCCN4CCOCC4)c3)cc2)no1. The number of rotatable bonds is 7. The monoisotopic (exact) mass is 600 g/mol. The van der Waals surface area contributed by atoms with Crippen LogP contribution in [-0.2, 0) is 16.3 Å². The molecule has 1 aliphatic heterocycles. The van der Waals surface area contributed by atoms with Gasteiger partial charge in [0.1, 0.15) is 11.5 Å². The van der Waals surface area contributed by atoms with Crippen molar-refractivity contribution in [3.05, 3.63) is 71.0 Å². The van der Waals surface area contributed by atoms with Gasteiger partial charge in [0.05, 0.1) is 25.4 Å². The highest BCUT2D eigenvalue weighted by Crippen LogP contribution is 2.36. The molecule has 1 aromatic heterocycles. The van der Waals surface area contributed by atoms with Crippen LogP contribution in [0.2, 0.25) is 0 Å². The Morgan fingerprint density at radius 1 is 0.977 bits per heavy atom. The lowest BCUT2D eigenvalue weighted by molar-refractivity contribution is -0.139. The highest BCUT2D eigenvalue weighted by molar-refractivity contribution is 5.99. The number of benzene rings is 2. The summed E-state index contributed by atoms with van der Waals surface area (Å²) in [4.78, 5) is 14.5. The molecule has 0 spiro atoms. The Morgan fingerprint density at radius 3 is 2.26 bits per heavy atom. The standard InChI is InChI=1S/C30H33F3N4O4.C2H6/c1-29(2,3)26-20-27(36-41-26)35-28(38)34-23-10-7-21(8-11-23)5-6-22-9-12-24(30(31,32)33)25(19-22)40-16-4-13-37-14-17-39-18-15-37;1-2/h7-12,19-20H,4,13-18H2,1-3H3,(H2,34,35,36,38);1-2H3. The number of ether oxygens (including phenoxy) is 2. The second kappa shape index (κ2) is 15.5. The minimum atomic E-state index is -4.54. The molecule has 232 valence electrons. The molecule has 3 aromatic rings. The van der Waals surface area contributed by atoms with Gasteiger partial charge in [0.2, 0.25) is 0 Å². The molecule has 2 amide bonds. The van der Waals surface area contributed by atoms with Gasteiger partial charge < -0.3 is 19.3 Å². The predicted octanol–water partition coefficient (Wildman–Crippen LogP) is 7.16. The highest BCUT2D eigenvalue weighted by atomic mass is 19.4. The Morgan fingerprint density at radius 2 is 1.63 bits per heavy atom. The van der Waals surface area contributed by atoms with Crippen LogP contribution < -0.4 is 15.4 Å². The van der Waals surface area contributed by atoms with Gasteiger partial charge in [-0.2, -0.15) is 13.2 Å². The number of nitrogens with zero attached hydrogens (tertiary/aromatic N) is 2. The Bertz CT molecular complexity index is 1380. The van der Waals surface area contributed by atoms with E-state index in [2.05, 4.69) is 32.5 Å². The van der Waals surface area contributed by atoms with Crippen LogP contribution in [0.3, 0.4) is 0 Å². The number of carbonyl (C=O) groups is 1. The molecule has 1 saturated heterocycles. The van der Waals surface area contributed by atoms with Crippen molar-refractivity contribution in [1.82, 2.24) is 10.1 Å². The fraction of sp³-hybridized carbons (Fsp3) is 0.438. The molecule has 0 bridgehead atoms. The number of carbonyl (C=O) groups excluding carboxylic acids is 1. The summed E-state index contributed by atoms with van der Waals surface area (Å²) < 4.78 is 56.8. The summed E-state index contributed by atoms with van der Waals surface area (Å²) in [6.45, 7) is 13.8. The third-order valence-electron chi connectivity index (χ3n) is 6.25. The Balaban J connectivity index is 0.00000248. The van der Waals surface area contributed by atoms with Crippen molar-refractivity contribution < 1.29 is 32.0 Å². The largest absolute Gasteiger partial charge is 0.493 e. The van der Waals surface area contributed by atoms with E-state index in [0.29, 0.717) is 48.0 Å². The second-order valence-electron chi connectivity index (χ2n) is 10.6. The molecule has 2 N–H and O–H groups in total. The molecule has 0 aliphatic carbocycles. The summed E-state index contributed by atoms with van der Waals surface area (Å²) in [5.41, 5.74) is 0.469. The molecule has 0 atom stereocenters. The Hall–Kier alpha value is -4.01. The van der Waals surface area contributed by atoms with E-state index in [1.165, 1.54) is 12.1 Å². The maximum absolute atomic E-state index is 13.5. The van der Waals surface area contributed by atoms with Crippen molar-refractivity contribution in [3.8, 4) is 17.6 Å². The minimum Gasteiger partial charge on any atom is -0.493 e. The van der Waals surface area contributed by atoms with E-state index in [9.17, 15) is 18.0 Å². The summed E-state index contributed by atoms with van der Waals surface area (Å²) in [5, 5.41) is 9.17. The van der Waals surface area contributed by atoms with Crippen LogP contribution in [0.1, 0.15) is 63.5 Å². The maximum Gasteiger partial charge on any atom is 0.419 e. The van der Waals surface area contributed by atoms with Crippen LogP contribution >= 0.6 is 0 Å². The first kappa shape index (κ1) is 33.5. The summed E-state index contributed by atoms with van der Waals surface area (Å²) in [7, 11) is 0. The van der Waals surface area contributed by atoms with E-state index >= 15 is 0 Å². The van der Waals surface area contributed by atoms with Gasteiger partial charge in [0.25, 0.3) is 0 Å². The number of hydrogen-bond acceptors (Lipinski definition) is 6. The van der Waals surface area contributed by atoms with E-state index < -0.39 is 17.8 Å². The summed E-state index contributed by atoms with van der Waals surface area (Å²) >= 11 is 0. The quantitative estimate of drug-likeness (QED) is 0.221. The van der Waals surface area contributed by atoms with Gasteiger partial charge in [0.15, 0.2) is 5.82 Å². The molecule has 2 heterocycles. The lowest BCUT2D eigenvalue weighted by atomic mass is 9.93. The number of amides is 2. The first-order valence-electron chi connectivity index (χ1n) is 14.3. The lowest BCUT2D eigenvalue weighted by Crippen LogP contribution is -2.37. The predicted molar refractivity (Wildman–Crippen MR) is 160 cm³/mol. The molecular formula is C32H39F3N4O4. The van der Waals surface area contributed by atoms with Crippen molar-refractivity contribution in [2.24, 2.45) is 0 Å². The number of morpholine rings is 1.